The number of hydrogen-bond donors (Lipinski definition) is 1. The SMILES string of the molecule is O=C1CCCCC(=O)N1[C@H]1CCC[C@@H]1O. The lowest BCUT2D eigenvalue weighted by molar-refractivity contribution is -0.148. The minimum Gasteiger partial charge on any atom is -0.391 e. The summed E-state index contributed by atoms with van der Waals surface area (Å²) in [5, 5.41) is 9.72. The molecule has 2 atom stereocenters. The van der Waals surface area contributed by atoms with Gasteiger partial charge < -0.3 is 5.11 Å². The van der Waals surface area contributed by atoms with E-state index in [4.69, 9.17) is 0 Å². The molecule has 1 saturated heterocycles. The van der Waals surface area contributed by atoms with Crippen molar-refractivity contribution >= 4 is 11.8 Å². The molecule has 1 N–H and O–H groups in total. The highest BCUT2D eigenvalue weighted by Gasteiger charge is 2.37. The number of likely N-dealkylation sites (tertiary alicyclic amines) is 1. The van der Waals surface area contributed by atoms with Gasteiger partial charge in [-0.05, 0) is 32.1 Å². The summed E-state index contributed by atoms with van der Waals surface area (Å²) in [5.41, 5.74) is 0. The average molecular weight is 211 g/mol. The highest BCUT2D eigenvalue weighted by Crippen LogP contribution is 2.27. The fraction of sp³-hybridized carbons (Fsp3) is 0.818. The number of imide groups is 1. The van der Waals surface area contributed by atoms with Crippen LogP contribution in [0.1, 0.15) is 44.9 Å². The van der Waals surface area contributed by atoms with Crippen molar-refractivity contribution in [2.75, 3.05) is 0 Å². The molecule has 0 radical (unpaired) electrons. The van der Waals surface area contributed by atoms with Crippen molar-refractivity contribution in [3.8, 4) is 0 Å². The number of nitrogens with zero attached hydrogens (tertiary/aromatic N) is 1. The molecule has 84 valence electrons. The first-order valence-corrected chi connectivity index (χ1v) is 5.73. The molecule has 0 aromatic rings. The Morgan fingerprint density at radius 1 is 1.00 bits per heavy atom. The van der Waals surface area contributed by atoms with E-state index in [1.54, 1.807) is 0 Å². The first-order chi connectivity index (χ1) is 7.20. The maximum Gasteiger partial charge on any atom is 0.229 e. The molecular weight excluding hydrogens is 194 g/mol. The summed E-state index contributed by atoms with van der Waals surface area (Å²) in [6, 6.07) is -0.247. The van der Waals surface area contributed by atoms with E-state index >= 15 is 0 Å². The standard InChI is InChI=1S/C11H17NO3/c13-9-5-3-4-8(9)12-10(14)6-1-2-7-11(12)15/h8-9,13H,1-7H2/t8-,9-/m0/s1. The molecule has 1 aliphatic carbocycles. The van der Waals surface area contributed by atoms with Gasteiger partial charge in [0.2, 0.25) is 11.8 Å². The molecule has 2 rings (SSSR count). The van der Waals surface area contributed by atoms with Gasteiger partial charge in [0.25, 0.3) is 0 Å². The average Bonchev–Trinajstić information content (AvgIpc) is 2.53. The molecule has 0 aromatic heterocycles. The summed E-state index contributed by atoms with van der Waals surface area (Å²) in [6.45, 7) is 0. The van der Waals surface area contributed by atoms with Crippen LogP contribution < -0.4 is 0 Å². The Morgan fingerprint density at radius 3 is 2.07 bits per heavy atom. The minimum atomic E-state index is -0.504. The number of carbonyl (C=O) groups excluding carboxylic acids is 2. The van der Waals surface area contributed by atoms with Crippen LogP contribution >= 0.6 is 0 Å². The Hall–Kier alpha value is -0.900. The van der Waals surface area contributed by atoms with Gasteiger partial charge in [-0.3, -0.25) is 14.5 Å². The van der Waals surface area contributed by atoms with Crippen molar-refractivity contribution < 1.29 is 14.7 Å². The number of rotatable bonds is 1. The van der Waals surface area contributed by atoms with E-state index in [2.05, 4.69) is 0 Å². The van der Waals surface area contributed by atoms with Crippen LogP contribution in [-0.4, -0.2) is 34.0 Å². The molecule has 4 nitrogen and oxygen atoms in total. The van der Waals surface area contributed by atoms with Gasteiger partial charge in [0, 0.05) is 12.8 Å². The topological polar surface area (TPSA) is 57.6 Å². The van der Waals surface area contributed by atoms with Crippen molar-refractivity contribution in [1.82, 2.24) is 4.90 Å². The zero-order chi connectivity index (χ0) is 10.8. The van der Waals surface area contributed by atoms with Crippen LogP contribution in [0.4, 0.5) is 0 Å². The lowest BCUT2D eigenvalue weighted by Crippen LogP contribution is -2.47. The van der Waals surface area contributed by atoms with E-state index < -0.39 is 6.10 Å². The van der Waals surface area contributed by atoms with E-state index in [0.29, 0.717) is 19.3 Å². The van der Waals surface area contributed by atoms with E-state index in [-0.39, 0.29) is 17.9 Å². The van der Waals surface area contributed by atoms with Gasteiger partial charge in [-0.1, -0.05) is 0 Å². The highest BCUT2D eigenvalue weighted by atomic mass is 16.3. The monoisotopic (exact) mass is 211 g/mol. The molecule has 15 heavy (non-hydrogen) atoms. The molecule has 0 spiro atoms. The molecule has 0 bridgehead atoms. The molecule has 2 fully saturated rings. The Kier molecular flexibility index (Phi) is 3.05. The van der Waals surface area contributed by atoms with Crippen molar-refractivity contribution in [2.45, 2.75) is 57.1 Å². The van der Waals surface area contributed by atoms with Gasteiger partial charge >= 0.3 is 0 Å². The van der Waals surface area contributed by atoms with Gasteiger partial charge in [0.1, 0.15) is 0 Å². The summed E-state index contributed by atoms with van der Waals surface area (Å²) in [5.74, 6) is -0.188. The molecule has 2 aliphatic rings. The molecule has 1 saturated carbocycles. The quantitative estimate of drug-likeness (QED) is 0.653. The molecule has 1 heterocycles. The van der Waals surface area contributed by atoms with Gasteiger partial charge in [0.05, 0.1) is 12.1 Å². The molecule has 1 aliphatic heterocycles. The van der Waals surface area contributed by atoms with Crippen molar-refractivity contribution in [2.24, 2.45) is 0 Å². The fourth-order valence-electron chi connectivity index (χ4n) is 2.52. The first kappa shape index (κ1) is 10.6. The van der Waals surface area contributed by atoms with Crippen LogP contribution in [0.5, 0.6) is 0 Å². The van der Waals surface area contributed by atoms with E-state index in [0.717, 1.165) is 25.7 Å². The second-order valence-electron chi connectivity index (χ2n) is 4.43. The number of aliphatic hydroxyl groups is 1. The summed E-state index contributed by atoms with van der Waals surface area (Å²) in [7, 11) is 0. The molecule has 2 amide bonds. The van der Waals surface area contributed by atoms with Crippen molar-refractivity contribution in [3.63, 3.8) is 0 Å². The lowest BCUT2D eigenvalue weighted by atomic mass is 10.1. The third-order valence-corrected chi connectivity index (χ3v) is 3.34. The van der Waals surface area contributed by atoms with Gasteiger partial charge in [-0.15, -0.1) is 0 Å². The third kappa shape index (κ3) is 2.04. The van der Waals surface area contributed by atoms with E-state index in [9.17, 15) is 14.7 Å². The molecule has 4 heteroatoms. The maximum absolute atomic E-state index is 11.8. The van der Waals surface area contributed by atoms with Crippen LogP contribution in [0.2, 0.25) is 0 Å². The zero-order valence-electron chi connectivity index (χ0n) is 8.82. The van der Waals surface area contributed by atoms with E-state index in [1.807, 2.05) is 0 Å². The fourth-order valence-corrected chi connectivity index (χ4v) is 2.52. The zero-order valence-corrected chi connectivity index (χ0v) is 8.82. The van der Waals surface area contributed by atoms with Gasteiger partial charge in [-0.2, -0.15) is 0 Å². The lowest BCUT2D eigenvalue weighted by Gasteiger charge is -2.28. The predicted molar refractivity (Wildman–Crippen MR) is 54.0 cm³/mol. The first-order valence-electron chi connectivity index (χ1n) is 5.73. The van der Waals surface area contributed by atoms with E-state index in [1.165, 1.54) is 4.90 Å². The number of carbonyl (C=O) groups is 2. The van der Waals surface area contributed by atoms with Gasteiger partial charge in [-0.25, -0.2) is 0 Å². The molecule has 0 unspecified atom stereocenters. The second-order valence-corrected chi connectivity index (χ2v) is 4.43. The Labute approximate surface area is 89.3 Å². The predicted octanol–water partition coefficient (Wildman–Crippen LogP) is 0.829. The van der Waals surface area contributed by atoms with Crippen LogP contribution in [-0.2, 0) is 9.59 Å². The Morgan fingerprint density at radius 2 is 1.60 bits per heavy atom. The Balaban J connectivity index is 2.15. The number of amides is 2. The highest BCUT2D eigenvalue weighted by molar-refractivity contribution is 5.96. The van der Waals surface area contributed by atoms with Crippen LogP contribution in [0.25, 0.3) is 0 Å². The maximum atomic E-state index is 11.8. The van der Waals surface area contributed by atoms with Crippen molar-refractivity contribution in [3.05, 3.63) is 0 Å². The van der Waals surface area contributed by atoms with Crippen LogP contribution in [0.3, 0.4) is 0 Å². The van der Waals surface area contributed by atoms with Crippen LogP contribution in [0.15, 0.2) is 0 Å². The largest absolute Gasteiger partial charge is 0.391 e. The molecular formula is C11H17NO3. The summed E-state index contributed by atoms with van der Waals surface area (Å²) in [6.07, 6.45) is 4.37. The normalized spacial score (nSPS) is 33.3. The minimum absolute atomic E-state index is 0.0940. The van der Waals surface area contributed by atoms with Gasteiger partial charge in [0.15, 0.2) is 0 Å². The number of aliphatic hydroxyl groups excluding tert-OH is 1. The van der Waals surface area contributed by atoms with Crippen molar-refractivity contribution in [1.29, 1.82) is 0 Å². The summed E-state index contributed by atoms with van der Waals surface area (Å²) in [4.78, 5) is 24.8. The number of hydrogen-bond acceptors (Lipinski definition) is 3. The molecule has 0 aromatic carbocycles. The smallest absolute Gasteiger partial charge is 0.229 e. The third-order valence-electron chi connectivity index (χ3n) is 3.34. The second kappa shape index (κ2) is 4.31. The summed E-state index contributed by atoms with van der Waals surface area (Å²) >= 11 is 0. The van der Waals surface area contributed by atoms with Crippen LogP contribution in [0, 0.1) is 0 Å². The Bertz CT molecular complexity index is 259. The summed E-state index contributed by atoms with van der Waals surface area (Å²) < 4.78 is 0.